The van der Waals surface area contributed by atoms with Crippen LogP contribution in [-0.4, -0.2) is 10.2 Å². The molecule has 1 rings (SSSR count). The molecule has 42 valence electrons. The summed E-state index contributed by atoms with van der Waals surface area (Å²) in [5.74, 6) is 0.962. The van der Waals surface area contributed by atoms with Gasteiger partial charge in [0.15, 0.2) is 0 Å². The van der Waals surface area contributed by atoms with Gasteiger partial charge in [0.25, 0.3) is 0 Å². The first-order valence-electron chi connectivity index (χ1n) is 2.53. The average Bonchev–Trinajstić information content (AvgIpc) is 1.58. The lowest BCUT2D eigenvalue weighted by Gasteiger charge is -2.29. The molecule has 0 spiro atoms. The van der Waals surface area contributed by atoms with Crippen LogP contribution in [0.5, 0.6) is 0 Å². The molecule has 0 bridgehead atoms. The number of alkyl halides is 2. The van der Waals surface area contributed by atoms with Gasteiger partial charge in [0.1, 0.15) is 0 Å². The number of hydrogen-bond donors (Lipinski definition) is 0. The molecule has 0 amide bonds. The molecular weight excluding hydrogens is 220 g/mol. The fraction of sp³-hybridized carbons (Fsp3) is 1.00. The maximum atomic E-state index is 3.52. The summed E-state index contributed by atoms with van der Waals surface area (Å²) in [6.45, 7) is 0. The highest BCUT2D eigenvalue weighted by molar-refractivity contribution is 9.09. The van der Waals surface area contributed by atoms with Gasteiger partial charge in [-0.1, -0.05) is 31.9 Å². The summed E-state index contributed by atoms with van der Waals surface area (Å²) in [6, 6.07) is 0. The minimum atomic E-state index is 0.829. The molecule has 0 aromatic heterocycles. The highest BCUT2D eigenvalue weighted by Gasteiger charge is 2.24. The summed E-state index contributed by atoms with van der Waals surface area (Å²) in [5, 5.41) is 1.19. The smallest absolute Gasteiger partial charge is 0.0151 e. The van der Waals surface area contributed by atoms with Gasteiger partial charge in [-0.15, -0.1) is 0 Å². The molecule has 0 radical (unpaired) electrons. The van der Waals surface area contributed by atoms with Crippen molar-refractivity contribution < 1.29 is 0 Å². The number of hydrogen-bond acceptors (Lipinski definition) is 0. The van der Waals surface area contributed by atoms with E-state index in [1.807, 2.05) is 0 Å². The molecule has 0 nitrogen and oxygen atoms in total. The van der Waals surface area contributed by atoms with Crippen molar-refractivity contribution >= 4 is 31.9 Å². The van der Waals surface area contributed by atoms with Crippen LogP contribution in [0.25, 0.3) is 0 Å². The maximum absolute atomic E-state index is 3.52. The standard InChI is InChI=1S/C5H8Br2/c6-3-4-1-5(7)2-4/h4-5H,1-3H2. The van der Waals surface area contributed by atoms with Crippen molar-refractivity contribution in [3.63, 3.8) is 0 Å². The second kappa shape index (κ2) is 2.49. The number of halogens is 2. The maximum Gasteiger partial charge on any atom is 0.0151 e. The van der Waals surface area contributed by atoms with Gasteiger partial charge in [0, 0.05) is 10.2 Å². The van der Waals surface area contributed by atoms with Crippen molar-refractivity contribution in [1.29, 1.82) is 0 Å². The average molecular weight is 228 g/mol. The molecule has 0 N–H and O–H groups in total. The highest BCUT2D eigenvalue weighted by Crippen LogP contribution is 2.33. The molecule has 0 atom stereocenters. The summed E-state index contributed by atoms with van der Waals surface area (Å²) in [7, 11) is 0. The van der Waals surface area contributed by atoms with E-state index in [2.05, 4.69) is 31.9 Å². The Bertz CT molecular complexity index is 57.1. The summed E-state index contributed by atoms with van der Waals surface area (Å²) in [6.07, 6.45) is 2.73. The fourth-order valence-corrected chi connectivity index (χ4v) is 2.37. The van der Waals surface area contributed by atoms with E-state index < -0.39 is 0 Å². The van der Waals surface area contributed by atoms with Crippen LogP contribution in [0, 0.1) is 5.92 Å². The van der Waals surface area contributed by atoms with E-state index in [1.54, 1.807) is 0 Å². The summed E-state index contributed by atoms with van der Waals surface area (Å²) in [4.78, 5) is 0.829. The van der Waals surface area contributed by atoms with Crippen molar-refractivity contribution in [2.45, 2.75) is 17.7 Å². The third-order valence-electron chi connectivity index (χ3n) is 1.40. The first-order chi connectivity index (χ1) is 3.33. The van der Waals surface area contributed by atoms with Crippen LogP contribution in [0.1, 0.15) is 12.8 Å². The minimum absolute atomic E-state index is 0.829. The van der Waals surface area contributed by atoms with Gasteiger partial charge in [0.05, 0.1) is 0 Å². The van der Waals surface area contributed by atoms with E-state index in [0.717, 1.165) is 10.7 Å². The molecule has 1 fully saturated rings. The van der Waals surface area contributed by atoms with Crippen LogP contribution >= 0.6 is 31.9 Å². The zero-order chi connectivity index (χ0) is 5.28. The van der Waals surface area contributed by atoms with Gasteiger partial charge in [-0.05, 0) is 18.8 Å². The molecule has 0 aliphatic heterocycles. The van der Waals surface area contributed by atoms with E-state index in [0.29, 0.717) is 0 Å². The van der Waals surface area contributed by atoms with Crippen LogP contribution in [0.15, 0.2) is 0 Å². The summed E-state index contributed by atoms with van der Waals surface area (Å²) < 4.78 is 0. The van der Waals surface area contributed by atoms with Crippen LogP contribution in [-0.2, 0) is 0 Å². The van der Waals surface area contributed by atoms with Crippen LogP contribution in [0.4, 0.5) is 0 Å². The predicted molar refractivity (Wildman–Crippen MR) is 39.2 cm³/mol. The molecule has 7 heavy (non-hydrogen) atoms. The van der Waals surface area contributed by atoms with Crippen LogP contribution in [0.2, 0.25) is 0 Å². The lowest BCUT2D eigenvalue weighted by atomic mass is 9.87. The molecule has 0 heterocycles. The normalized spacial score (nSPS) is 40.3. The molecule has 1 aliphatic carbocycles. The monoisotopic (exact) mass is 226 g/mol. The van der Waals surface area contributed by atoms with E-state index in [9.17, 15) is 0 Å². The van der Waals surface area contributed by atoms with Gasteiger partial charge < -0.3 is 0 Å². The van der Waals surface area contributed by atoms with Gasteiger partial charge in [-0.2, -0.15) is 0 Å². The second-order valence-corrected chi connectivity index (χ2v) is 4.03. The SMILES string of the molecule is BrCC1CC(Br)C1. The van der Waals surface area contributed by atoms with Gasteiger partial charge >= 0.3 is 0 Å². The quantitative estimate of drug-likeness (QED) is 0.605. The Morgan fingerprint density at radius 3 is 2.14 bits per heavy atom. The van der Waals surface area contributed by atoms with Crippen molar-refractivity contribution in [3.05, 3.63) is 0 Å². The van der Waals surface area contributed by atoms with Gasteiger partial charge in [-0.25, -0.2) is 0 Å². The lowest BCUT2D eigenvalue weighted by molar-refractivity contribution is 0.375. The Kier molecular flexibility index (Phi) is 2.17. The van der Waals surface area contributed by atoms with Crippen LogP contribution in [0.3, 0.4) is 0 Å². The minimum Gasteiger partial charge on any atom is -0.0925 e. The van der Waals surface area contributed by atoms with Crippen LogP contribution < -0.4 is 0 Å². The Morgan fingerprint density at radius 1 is 1.43 bits per heavy atom. The molecule has 0 unspecified atom stereocenters. The topological polar surface area (TPSA) is 0 Å². The van der Waals surface area contributed by atoms with Crippen molar-refractivity contribution in [2.24, 2.45) is 5.92 Å². The zero-order valence-electron chi connectivity index (χ0n) is 4.03. The van der Waals surface area contributed by atoms with Crippen molar-refractivity contribution in [2.75, 3.05) is 5.33 Å². The lowest BCUT2D eigenvalue weighted by Crippen LogP contribution is -2.24. The highest BCUT2D eigenvalue weighted by atomic mass is 79.9. The first-order valence-corrected chi connectivity index (χ1v) is 4.56. The van der Waals surface area contributed by atoms with Gasteiger partial charge in [-0.3, -0.25) is 0 Å². The fourth-order valence-electron chi connectivity index (χ4n) is 0.780. The molecule has 2 heteroatoms. The molecule has 0 saturated heterocycles. The third kappa shape index (κ3) is 1.43. The Labute approximate surface area is 60.9 Å². The zero-order valence-corrected chi connectivity index (χ0v) is 7.20. The third-order valence-corrected chi connectivity index (χ3v) is 3.06. The second-order valence-electron chi connectivity index (χ2n) is 2.09. The molecular formula is C5H8Br2. The molecule has 1 saturated carbocycles. The number of rotatable bonds is 1. The molecule has 0 aromatic carbocycles. The predicted octanol–water partition coefficient (Wildman–Crippen LogP) is 2.55. The molecule has 1 aliphatic rings. The summed E-state index contributed by atoms with van der Waals surface area (Å²) in [5.41, 5.74) is 0. The Morgan fingerprint density at radius 2 is 2.00 bits per heavy atom. The van der Waals surface area contributed by atoms with Gasteiger partial charge in [0.2, 0.25) is 0 Å². The summed E-state index contributed by atoms with van der Waals surface area (Å²) >= 11 is 6.95. The van der Waals surface area contributed by atoms with E-state index >= 15 is 0 Å². The largest absolute Gasteiger partial charge is 0.0925 e. The Hall–Kier alpha value is 0.960. The van der Waals surface area contributed by atoms with E-state index in [4.69, 9.17) is 0 Å². The Balaban J connectivity index is 2.06. The van der Waals surface area contributed by atoms with E-state index in [-0.39, 0.29) is 0 Å². The van der Waals surface area contributed by atoms with Crippen molar-refractivity contribution in [3.8, 4) is 0 Å². The van der Waals surface area contributed by atoms with Crippen molar-refractivity contribution in [1.82, 2.24) is 0 Å². The van der Waals surface area contributed by atoms with E-state index in [1.165, 1.54) is 18.2 Å². The first kappa shape index (κ1) is 6.09. The molecule has 0 aromatic rings.